The molecule has 0 saturated heterocycles. The van der Waals surface area contributed by atoms with Crippen LogP contribution < -0.4 is 19.9 Å². The van der Waals surface area contributed by atoms with Crippen LogP contribution in [0.2, 0.25) is 0 Å². The number of fused-ring (bicyclic) bond motifs is 1. The van der Waals surface area contributed by atoms with Crippen LogP contribution in [0.3, 0.4) is 0 Å². The molecule has 2 aromatic rings. The molecule has 0 amide bonds. The van der Waals surface area contributed by atoms with E-state index in [-0.39, 0.29) is 18.5 Å². The molecule has 3 rings (SSSR count). The summed E-state index contributed by atoms with van der Waals surface area (Å²) in [4.78, 5) is 0. The molecule has 2 aromatic carbocycles. The number of hydrogen-bond donors (Lipinski definition) is 1. The van der Waals surface area contributed by atoms with Crippen LogP contribution in [0.1, 0.15) is 17.9 Å². The lowest BCUT2D eigenvalue weighted by atomic mass is 9.96. The Morgan fingerprint density at radius 2 is 1.95 bits per heavy atom. The number of ether oxygens (including phenoxy) is 3. The zero-order valence-electron chi connectivity index (χ0n) is 12.1. The van der Waals surface area contributed by atoms with Crippen molar-refractivity contribution in [3.63, 3.8) is 0 Å². The van der Waals surface area contributed by atoms with Gasteiger partial charge < -0.3 is 19.9 Å². The van der Waals surface area contributed by atoms with E-state index in [0.717, 1.165) is 5.75 Å². The number of nitrogens with two attached hydrogens (primary N) is 1. The molecule has 4 nitrogen and oxygen atoms in total. The van der Waals surface area contributed by atoms with Crippen molar-refractivity contribution in [2.24, 2.45) is 5.73 Å². The average molecular weight is 303 g/mol. The van der Waals surface area contributed by atoms with E-state index in [2.05, 4.69) is 0 Å². The number of benzene rings is 2. The van der Waals surface area contributed by atoms with Crippen LogP contribution in [-0.4, -0.2) is 19.9 Å². The third kappa shape index (κ3) is 3.14. The van der Waals surface area contributed by atoms with Crippen molar-refractivity contribution in [3.05, 3.63) is 53.8 Å². The highest BCUT2D eigenvalue weighted by Gasteiger charge is 2.16. The summed E-state index contributed by atoms with van der Waals surface area (Å²) in [5, 5.41) is 0. The lowest BCUT2D eigenvalue weighted by Crippen LogP contribution is -2.16. The summed E-state index contributed by atoms with van der Waals surface area (Å²) in [7, 11) is 0. The second kappa shape index (κ2) is 6.66. The first-order valence-corrected chi connectivity index (χ1v) is 7.25. The molecule has 1 heterocycles. The lowest BCUT2D eigenvalue weighted by Gasteiger charge is -2.16. The molecular weight excluding hydrogens is 285 g/mol. The highest BCUT2D eigenvalue weighted by molar-refractivity contribution is 5.46. The van der Waals surface area contributed by atoms with Gasteiger partial charge in [0.05, 0.1) is 6.61 Å². The summed E-state index contributed by atoms with van der Waals surface area (Å²) in [6, 6.07) is 12.2. The normalized spacial score (nSPS) is 13.9. The third-order valence-corrected chi connectivity index (χ3v) is 3.71. The molecule has 0 spiro atoms. The Bertz CT molecular complexity index is 648. The molecule has 0 aliphatic carbocycles. The molecule has 0 bridgehead atoms. The monoisotopic (exact) mass is 303 g/mol. The fourth-order valence-corrected chi connectivity index (χ4v) is 2.49. The van der Waals surface area contributed by atoms with Gasteiger partial charge in [0.25, 0.3) is 0 Å². The minimum Gasteiger partial charge on any atom is -0.493 e. The first-order chi connectivity index (χ1) is 10.8. The van der Waals surface area contributed by atoms with E-state index in [1.54, 1.807) is 18.2 Å². The molecule has 0 saturated carbocycles. The van der Waals surface area contributed by atoms with Crippen molar-refractivity contribution in [3.8, 4) is 17.2 Å². The fraction of sp³-hybridized carbons (Fsp3) is 0.294. The molecule has 22 heavy (non-hydrogen) atoms. The Labute approximate surface area is 128 Å². The van der Waals surface area contributed by atoms with E-state index in [0.29, 0.717) is 36.6 Å². The third-order valence-electron chi connectivity index (χ3n) is 3.71. The van der Waals surface area contributed by atoms with Gasteiger partial charge in [-0.3, -0.25) is 0 Å². The molecule has 0 radical (unpaired) electrons. The van der Waals surface area contributed by atoms with E-state index in [9.17, 15) is 4.39 Å². The van der Waals surface area contributed by atoms with E-state index < -0.39 is 0 Å². The standard InChI is InChI=1S/C17H18FNO3/c18-15-4-2-1-3-14(15)12(10-19)7-8-20-13-5-6-16-17(9-13)22-11-21-16/h1-6,9,12H,7-8,10-11,19H2. The minimum atomic E-state index is -0.221. The molecule has 1 aliphatic rings. The van der Waals surface area contributed by atoms with Crippen molar-refractivity contribution < 1.29 is 18.6 Å². The van der Waals surface area contributed by atoms with E-state index in [4.69, 9.17) is 19.9 Å². The average Bonchev–Trinajstić information content (AvgIpc) is 3.00. The second-order valence-corrected chi connectivity index (χ2v) is 5.11. The minimum absolute atomic E-state index is 0.0600. The van der Waals surface area contributed by atoms with Crippen molar-refractivity contribution in [2.75, 3.05) is 19.9 Å². The Kier molecular flexibility index (Phi) is 4.44. The molecule has 2 N–H and O–H groups in total. The van der Waals surface area contributed by atoms with Gasteiger partial charge in [-0.1, -0.05) is 18.2 Å². The van der Waals surface area contributed by atoms with Crippen molar-refractivity contribution in [1.29, 1.82) is 0 Å². The predicted octanol–water partition coefficient (Wildman–Crippen LogP) is 3.07. The Balaban J connectivity index is 1.59. The molecular formula is C17H18FNO3. The maximum absolute atomic E-state index is 13.8. The van der Waals surface area contributed by atoms with Gasteiger partial charge in [0.2, 0.25) is 6.79 Å². The summed E-state index contributed by atoms with van der Waals surface area (Å²) in [6.07, 6.45) is 0.645. The van der Waals surface area contributed by atoms with Crippen molar-refractivity contribution in [1.82, 2.24) is 0 Å². The summed E-state index contributed by atoms with van der Waals surface area (Å²) in [5.74, 6) is 1.82. The van der Waals surface area contributed by atoms with Gasteiger partial charge in [-0.15, -0.1) is 0 Å². The Morgan fingerprint density at radius 1 is 1.14 bits per heavy atom. The first-order valence-electron chi connectivity index (χ1n) is 7.25. The molecule has 5 heteroatoms. The zero-order valence-corrected chi connectivity index (χ0v) is 12.1. The van der Waals surface area contributed by atoms with Gasteiger partial charge >= 0.3 is 0 Å². The van der Waals surface area contributed by atoms with Gasteiger partial charge in [-0.05, 0) is 36.7 Å². The van der Waals surface area contributed by atoms with Crippen LogP contribution >= 0.6 is 0 Å². The van der Waals surface area contributed by atoms with E-state index in [1.807, 2.05) is 18.2 Å². The van der Waals surface area contributed by atoms with Crippen LogP contribution in [0.25, 0.3) is 0 Å². The lowest BCUT2D eigenvalue weighted by molar-refractivity contribution is 0.173. The van der Waals surface area contributed by atoms with Crippen LogP contribution in [0.15, 0.2) is 42.5 Å². The molecule has 0 fully saturated rings. The SMILES string of the molecule is NCC(CCOc1ccc2c(c1)OCO2)c1ccccc1F. The van der Waals surface area contributed by atoms with Crippen molar-refractivity contribution in [2.45, 2.75) is 12.3 Å². The molecule has 0 aromatic heterocycles. The highest BCUT2D eigenvalue weighted by Crippen LogP contribution is 2.35. The molecule has 1 atom stereocenters. The summed E-state index contributed by atoms with van der Waals surface area (Å²) >= 11 is 0. The maximum atomic E-state index is 13.8. The van der Waals surface area contributed by atoms with Gasteiger partial charge in [0.15, 0.2) is 11.5 Å². The van der Waals surface area contributed by atoms with Gasteiger partial charge in [0.1, 0.15) is 11.6 Å². The molecule has 1 aliphatic heterocycles. The number of halogens is 1. The largest absolute Gasteiger partial charge is 0.493 e. The summed E-state index contributed by atoms with van der Waals surface area (Å²) < 4.78 is 30.1. The van der Waals surface area contributed by atoms with Crippen LogP contribution in [0, 0.1) is 5.82 Å². The molecule has 116 valence electrons. The number of hydrogen-bond acceptors (Lipinski definition) is 4. The van der Waals surface area contributed by atoms with Crippen LogP contribution in [0.5, 0.6) is 17.2 Å². The predicted molar refractivity (Wildman–Crippen MR) is 80.9 cm³/mol. The quantitative estimate of drug-likeness (QED) is 0.891. The molecule has 1 unspecified atom stereocenters. The van der Waals surface area contributed by atoms with E-state index >= 15 is 0 Å². The van der Waals surface area contributed by atoms with E-state index in [1.165, 1.54) is 6.07 Å². The smallest absolute Gasteiger partial charge is 0.231 e. The highest BCUT2D eigenvalue weighted by atomic mass is 19.1. The van der Waals surface area contributed by atoms with Gasteiger partial charge in [-0.2, -0.15) is 0 Å². The number of rotatable bonds is 6. The van der Waals surface area contributed by atoms with Gasteiger partial charge in [0, 0.05) is 12.0 Å². The topological polar surface area (TPSA) is 53.7 Å². The second-order valence-electron chi connectivity index (χ2n) is 5.11. The van der Waals surface area contributed by atoms with Crippen molar-refractivity contribution >= 4 is 0 Å². The van der Waals surface area contributed by atoms with Gasteiger partial charge in [-0.25, -0.2) is 4.39 Å². The Morgan fingerprint density at radius 3 is 2.77 bits per heavy atom. The first kappa shape index (κ1) is 14.7. The maximum Gasteiger partial charge on any atom is 0.231 e. The van der Waals surface area contributed by atoms with Crippen LogP contribution in [0.4, 0.5) is 4.39 Å². The summed E-state index contributed by atoms with van der Waals surface area (Å²) in [5.41, 5.74) is 6.41. The summed E-state index contributed by atoms with van der Waals surface area (Å²) in [6.45, 7) is 1.07. The Hall–Kier alpha value is -2.27. The van der Waals surface area contributed by atoms with Crippen LogP contribution in [-0.2, 0) is 0 Å². The fourth-order valence-electron chi connectivity index (χ4n) is 2.49. The zero-order chi connectivity index (χ0) is 15.4.